The molecule has 0 aliphatic carbocycles. The maximum atomic E-state index is 11.7. The standard InChI is InChI=1S/C20H22N6O2S/c1-14(2)22-18(27)13-29-20-23-19(25-26-20)24-21-12-15-7-6-10-17(11-15)28-16-8-4-3-5-9-16/h3-12,14H,13H2,1-2H3,(H,22,27)(H2,23,24,25,26)/b21-12-. The van der Waals surface area contributed by atoms with Crippen molar-refractivity contribution in [3.8, 4) is 11.5 Å². The number of nitrogens with zero attached hydrogens (tertiary/aromatic N) is 3. The molecule has 8 nitrogen and oxygen atoms in total. The summed E-state index contributed by atoms with van der Waals surface area (Å²) in [6, 6.07) is 17.3. The monoisotopic (exact) mass is 410 g/mol. The Morgan fingerprint density at radius 1 is 1.21 bits per heavy atom. The molecular weight excluding hydrogens is 388 g/mol. The summed E-state index contributed by atoms with van der Waals surface area (Å²) in [5, 5.41) is 14.2. The van der Waals surface area contributed by atoms with Crippen molar-refractivity contribution in [2.75, 3.05) is 11.2 Å². The molecule has 0 unspecified atom stereocenters. The van der Waals surface area contributed by atoms with Gasteiger partial charge < -0.3 is 10.1 Å². The predicted octanol–water partition coefficient (Wildman–Crippen LogP) is 3.66. The number of rotatable bonds is 9. The number of aromatic amines is 1. The van der Waals surface area contributed by atoms with Gasteiger partial charge in [0.2, 0.25) is 17.0 Å². The predicted molar refractivity (Wildman–Crippen MR) is 115 cm³/mol. The molecule has 1 amide bonds. The number of hydrogen-bond donors (Lipinski definition) is 3. The van der Waals surface area contributed by atoms with Gasteiger partial charge in [0.15, 0.2) is 0 Å². The molecule has 0 aliphatic rings. The summed E-state index contributed by atoms with van der Waals surface area (Å²) >= 11 is 1.25. The number of thioether (sulfide) groups is 1. The highest BCUT2D eigenvalue weighted by Crippen LogP contribution is 2.21. The van der Waals surface area contributed by atoms with Crippen molar-refractivity contribution in [1.82, 2.24) is 20.5 Å². The van der Waals surface area contributed by atoms with Gasteiger partial charge in [-0.15, -0.1) is 5.10 Å². The zero-order valence-electron chi connectivity index (χ0n) is 16.1. The second kappa shape index (κ2) is 10.3. The average molecular weight is 411 g/mol. The highest BCUT2D eigenvalue weighted by atomic mass is 32.2. The van der Waals surface area contributed by atoms with Crippen LogP contribution in [0.25, 0.3) is 0 Å². The molecular formula is C20H22N6O2S. The van der Waals surface area contributed by atoms with E-state index in [1.165, 1.54) is 11.8 Å². The van der Waals surface area contributed by atoms with E-state index in [-0.39, 0.29) is 17.7 Å². The summed E-state index contributed by atoms with van der Waals surface area (Å²) in [5.74, 6) is 2.09. The van der Waals surface area contributed by atoms with Crippen molar-refractivity contribution in [2.45, 2.75) is 25.0 Å². The van der Waals surface area contributed by atoms with Crippen molar-refractivity contribution in [3.05, 3.63) is 60.2 Å². The van der Waals surface area contributed by atoms with Crippen LogP contribution in [0.3, 0.4) is 0 Å². The van der Waals surface area contributed by atoms with Crippen molar-refractivity contribution in [1.29, 1.82) is 0 Å². The van der Waals surface area contributed by atoms with Gasteiger partial charge in [0.05, 0.1) is 12.0 Å². The second-order valence-corrected chi connectivity index (χ2v) is 7.28. The van der Waals surface area contributed by atoms with E-state index in [1.54, 1.807) is 6.21 Å². The molecule has 1 aromatic heterocycles. The van der Waals surface area contributed by atoms with Gasteiger partial charge in [-0.05, 0) is 43.7 Å². The van der Waals surface area contributed by atoms with Crippen LogP contribution >= 0.6 is 11.8 Å². The Labute approximate surface area is 173 Å². The number of carbonyl (C=O) groups excluding carboxylic acids is 1. The van der Waals surface area contributed by atoms with Crippen molar-refractivity contribution < 1.29 is 9.53 Å². The Morgan fingerprint density at radius 2 is 2.00 bits per heavy atom. The summed E-state index contributed by atoms with van der Waals surface area (Å²) in [4.78, 5) is 15.9. The number of hydrazone groups is 1. The number of benzene rings is 2. The van der Waals surface area contributed by atoms with E-state index in [9.17, 15) is 4.79 Å². The first-order chi connectivity index (χ1) is 14.1. The van der Waals surface area contributed by atoms with Crippen molar-refractivity contribution in [3.63, 3.8) is 0 Å². The molecule has 0 spiro atoms. The van der Waals surface area contributed by atoms with Crippen LogP contribution in [0.5, 0.6) is 11.5 Å². The Bertz CT molecular complexity index is 958. The summed E-state index contributed by atoms with van der Waals surface area (Å²) in [5.41, 5.74) is 3.65. The minimum Gasteiger partial charge on any atom is -0.457 e. The maximum absolute atomic E-state index is 11.7. The zero-order chi connectivity index (χ0) is 20.5. The van der Waals surface area contributed by atoms with Crippen molar-refractivity contribution >= 4 is 29.8 Å². The quantitative estimate of drug-likeness (QED) is 0.283. The zero-order valence-corrected chi connectivity index (χ0v) is 16.9. The van der Waals surface area contributed by atoms with Crippen LogP contribution in [0.15, 0.2) is 64.9 Å². The molecule has 0 atom stereocenters. The lowest BCUT2D eigenvalue weighted by Crippen LogP contribution is -2.31. The third-order valence-corrected chi connectivity index (χ3v) is 4.32. The molecule has 0 aliphatic heterocycles. The fraction of sp³-hybridized carbons (Fsp3) is 0.200. The Hall–Kier alpha value is -3.33. The summed E-state index contributed by atoms with van der Waals surface area (Å²) in [6.45, 7) is 3.83. The van der Waals surface area contributed by atoms with E-state index >= 15 is 0 Å². The van der Waals surface area contributed by atoms with Gasteiger partial charge in [-0.25, -0.2) is 10.5 Å². The number of amides is 1. The Morgan fingerprint density at radius 3 is 2.79 bits per heavy atom. The number of anilines is 1. The summed E-state index contributed by atoms with van der Waals surface area (Å²) in [7, 11) is 0. The topological polar surface area (TPSA) is 104 Å². The number of aromatic nitrogens is 3. The highest BCUT2D eigenvalue weighted by Gasteiger charge is 2.08. The lowest BCUT2D eigenvalue weighted by molar-refractivity contribution is -0.119. The molecule has 3 aromatic rings. The van der Waals surface area contributed by atoms with E-state index in [2.05, 4.69) is 31.0 Å². The largest absolute Gasteiger partial charge is 0.457 e. The summed E-state index contributed by atoms with van der Waals surface area (Å²) in [6.07, 6.45) is 1.66. The SMILES string of the molecule is CC(C)NC(=O)CSc1n[nH]c(N/N=C\c2cccc(Oc3ccccc3)c2)n1. The molecule has 29 heavy (non-hydrogen) atoms. The van der Waals surface area contributed by atoms with Gasteiger partial charge in [-0.1, -0.05) is 42.1 Å². The molecule has 1 heterocycles. The van der Waals surface area contributed by atoms with E-state index in [0.717, 1.165) is 17.1 Å². The van der Waals surface area contributed by atoms with Crippen LogP contribution in [0.1, 0.15) is 19.4 Å². The third-order valence-electron chi connectivity index (χ3n) is 3.47. The molecule has 0 fully saturated rings. The molecule has 0 bridgehead atoms. The van der Waals surface area contributed by atoms with E-state index in [1.807, 2.05) is 68.4 Å². The number of hydrogen-bond acceptors (Lipinski definition) is 7. The normalized spacial score (nSPS) is 11.0. The van der Waals surface area contributed by atoms with E-state index in [0.29, 0.717) is 11.1 Å². The Balaban J connectivity index is 1.51. The molecule has 3 rings (SSSR count). The van der Waals surface area contributed by atoms with E-state index in [4.69, 9.17) is 4.74 Å². The maximum Gasteiger partial charge on any atom is 0.240 e. The van der Waals surface area contributed by atoms with Crippen LogP contribution in [-0.4, -0.2) is 39.1 Å². The van der Waals surface area contributed by atoms with Crippen molar-refractivity contribution in [2.24, 2.45) is 5.10 Å². The van der Waals surface area contributed by atoms with Crippen LogP contribution in [0.2, 0.25) is 0 Å². The molecule has 0 saturated heterocycles. The summed E-state index contributed by atoms with van der Waals surface area (Å²) < 4.78 is 5.81. The lowest BCUT2D eigenvalue weighted by atomic mass is 10.2. The lowest BCUT2D eigenvalue weighted by Gasteiger charge is -2.06. The average Bonchev–Trinajstić information content (AvgIpc) is 3.15. The fourth-order valence-electron chi connectivity index (χ4n) is 2.31. The smallest absolute Gasteiger partial charge is 0.240 e. The minimum absolute atomic E-state index is 0.0556. The number of ether oxygens (including phenoxy) is 1. The Kier molecular flexibility index (Phi) is 7.23. The van der Waals surface area contributed by atoms with Gasteiger partial charge in [0.1, 0.15) is 11.5 Å². The first-order valence-corrected chi connectivity index (χ1v) is 10.0. The number of para-hydroxylation sites is 1. The molecule has 2 aromatic carbocycles. The third kappa shape index (κ3) is 6.96. The first-order valence-electron chi connectivity index (χ1n) is 9.05. The molecule has 3 N–H and O–H groups in total. The molecule has 0 radical (unpaired) electrons. The first kappa shape index (κ1) is 20.4. The van der Waals surface area contributed by atoms with Gasteiger partial charge >= 0.3 is 0 Å². The van der Waals surface area contributed by atoms with E-state index < -0.39 is 0 Å². The van der Waals surface area contributed by atoms with Gasteiger partial charge in [-0.3, -0.25) is 4.79 Å². The molecule has 9 heteroatoms. The second-order valence-electron chi connectivity index (χ2n) is 6.34. The van der Waals surface area contributed by atoms with Gasteiger partial charge in [0.25, 0.3) is 0 Å². The van der Waals surface area contributed by atoms with Gasteiger partial charge in [0, 0.05) is 6.04 Å². The highest BCUT2D eigenvalue weighted by molar-refractivity contribution is 7.99. The minimum atomic E-state index is -0.0556. The number of nitrogens with one attached hydrogen (secondary N) is 3. The number of carbonyl (C=O) groups is 1. The van der Waals surface area contributed by atoms with Crippen LogP contribution in [0.4, 0.5) is 5.95 Å². The van der Waals surface area contributed by atoms with Crippen LogP contribution < -0.4 is 15.5 Å². The van der Waals surface area contributed by atoms with Crippen LogP contribution in [0, 0.1) is 0 Å². The van der Waals surface area contributed by atoms with Gasteiger partial charge in [-0.2, -0.15) is 10.1 Å². The molecule has 150 valence electrons. The molecule has 0 saturated carbocycles. The number of H-pyrrole nitrogens is 1. The fourth-order valence-corrected chi connectivity index (χ4v) is 2.92. The van der Waals surface area contributed by atoms with Crippen LogP contribution in [-0.2, 0) is 4.79 Å².